The van der Waals surface area contributed by atoms with E-state index < -0.39 is 0 Å². The number of benzene rings is 1. The molecule has 2 atom stereocenters. The molecular weight excluding hydrogens is 388 g/mol. The standard InChI is InChI=1S/C21H24N4O3S/c1-14-13-24(17-8-6-16(7-9-17)21(26)27-3)10-11-25(14)15(2)20-22-19(23-28-20)18-5-4-12-29-18/h4-9,12,14-15H,10-11,13H2,1-3H3. The maximum atomic E-state index is 11.6. The number of thiophene rings is 1. The van der Waals surface area contributed by atoms with Crippen molar-refractivity contribution in [3.8, 4) is 10.7 Å². The molecular formula is C21H24N4O3S. The summed E-state index contributed by atoms with van der Waals surface area (Å²) in [7, 11) is 1.39. The third kappa shape index (κ3) is 4.04. The van der Waals surface area contributed by atoms with E-state index in [4.69, 9.17) is 9.26 Å². The molecule has 1 aliphatic rings. The molecule has 2 aromatic heterocycles. The predicted octanol–water partition coefficient (Wildman–Crippen LogP) is 3.86. The molecule has 0 N–H and O–H groups in total. The smallest absolute Gasteiger partial charge is 0.337 e. The van der Waals surface area contributed by atoms with Gasteiger partial charge in [0.25, 0.3) is 0 Å². The van der Waals surface area contributed by atoms with Crippen molar-refractivity contribution < 1.29 is 14.1 Å². The van der Waals surface area contributed by atoms with Gasteiger partial charge in [0.2, 0.25) is 11.7 Å². The summed E-state index contributed by atoms with van der Waals surface area (Å²) in [6.45, 7) is 6.98. The van der Waals surface area contributed by atoms with Crippen molar-refractivity contribution in [3.05, 3.63) is 53.2 Å². The molecule has 3 aromatic rings. The Morgan fingerprint density at radius 2 is 2.07 bits per heavy atom. The van der Waals surface area contributed by atoms with Gasteiger partial charge in [-0.15, -0.1) is 11.3 Å². The van der Waals surface area contributed by atoms with Crippen LogP contribution in [0.15, 0.2) is 46.3 Å². The normalized spacial score (nSPS) is 18.6. The Labute approximate surface area is 173 Å². The first-order valence-corrected chi connectivity index (χ1v) is 10.5. The molecule has 8 heteroatoms. The van der Waals surface area contributed by atoms with E-state index in [1.165, 1.54) is 7.11 Å². The molecule has 152 valence electrons. The zero-order valence-corrected chi connectivity index (χ0v) is 17.6. The molecule has 0 spiro atoms. The zero-order valence-electron chi connectivity index (χ0n) is 16.7. The van der Waals surface area contributed by atoms with Crippen molar-refractivity contribution in [1.29, 1.82) is 0 Å². The number of carbonyl (C=O) groups is 1. The van der Waals surface area contributed by atoms with Crippen LogP contribution in [0.1, 0.15) is 36.1 Å². The minimum atomic E-state index is -0.315. The summed E-state index contributed by atoms with van der Waals surface area (Å²) in [5.41, 5.74) is 1.67. The molecule has 4 rings (SSSR count). The molecule has 2 unspecified atom stereocenters. The lowest BCUT2D eigenvalue weighted by Crippen LogP contribution is -2.52. The molecule has 0 bridgehead atoms. The molecule has 1 aliphatic heterocycles. The summed E-state index contributed by atoms with van der Waals surface area (Å²) in [6.07, 6.45) is 0. The van der Waals surface area contributed by atoms with Crippen molar-refractivity contribution in [2.45, 2.75) is 25.9 Å². The Morgan fingerprint density at radius 1 is 1.28 bits per heavy atom. The van der Waals surface area contributed by atoms with Gasteiger partial charge >= 0.3 is 5.97 Å². The summed E-state index contributed by atoms with van der Waals surface area (Å²) in [5, 5.41) is 6.15. The highest BCUT2D eigenvalue weighted by atomic mass is 32.1. The predicted molar refractivity (Wildman–Crippen MR) is 112 cm³/mol. The molecule has 29 heavy (non-hydrogen) atoms. The van der Waals surface area contributed by atoms with E-state index in [1.807, 2.05) is 41.8 Å². The topological polar surface area (TPSA) is 71.7 Å². The number of anilines is 1. The summed E-state index contributed by atoms with van der Waals surface area (Å²) < 4.78 is 10.3. The van der Waals surface area contributed by atoms with Crippen LogP contribution in [0, 0.1) is 0 Å². The van der Waals surface area contributed by atoms with E-state index in [2.05, 4.69) is 33.8 Å². The maximum Gasteiger partial charge on any atom is 0.337 e. The van der Waals surface area contributed by atoms with Crippen LogP contribution in [0.2, 0.25) is 0 Å². The number of carbonyl (C=O) groups excluding carboxylic acids is 1. The van der Waals surface area contributed by atoms with Crippen LogP contribution < -0.4 is 4.90 Å². The Kier molecular flexibility index (Phi) is 5.64. The van der Waals surface area contributed by atoms with Crippen LogP contribution in [-0.2, 0) is 4.74 Å². The van der Waals surface area contributed by atoms with Gasteiger partial charge in [-0.25, -0.2) is 4.79 Å². The summed E-state index contributed by atoms with van der Waals surface area (Å²) in [6, 6.07) is 11.9. The molecule has 7 nitrogen and oxygen atoms in total. The number of nitrogens with zero attached hydrogens (tertiary/aromatic N) is 4. The second kappa shape index (κ2) is 8.34. The van der Waals surface area contributed by atoms with Crippen LogP contribution in [0.5, 0.6) is 0 Å². The second-order valence-corrected chi connectivity index (χ2v) is 8.13. The number of hydrogen-bond acceptors (Lipinski definition) is 8. The quantitative estimate of drug-likeness (QED) is 0.589. The first kappa shape index (κ1) is 19.6. The van der Waals surface area contributed by atoms with Crippen molar-refractivity contribution in [3.63, 3.8) is 0 Å². The Morgan fingerprint density at radius 3 is 2.72 bits per heavy atom. The fourth-order valence-electron chi connectivity index (χ4n) is 3.76. The molecule has 1 aromatic carbocycles. The van der Waals surface area contributed by atoms with Crippen molar-refractivity contribution in [1.82, 2.24) is 15.0 Å². The van der Waals surface area contributed by atoms with Crippen LogP contribution in [0.25, 0.3) is 10.7 Å². The van der Waals surface area contributed by atoms with Gasteiger partial charge in [-0.1, -0.05) is 11.2 Å². The lowest BCUT2D eigenvalue weighted by Gasteiger charge is -2.42. The summed E-state index contributed by atoms with van der Waals surface area (Å²) in [4.78, 5) is 22.0. The summed E-state index contributed by atoms with van der Waals surface area (Å²) >= 11 is 1.61. The molecule has 1 saturated heterocycles. The SMILES string of the molecule is COC(=O)c1ccc(N2CCN(C(C)c3nc(-c4cccs4)no3)C(C)C2)cc1. The molecule has 0 radical (unpaired) electrons. The highest BCUT2D eigenvalue weighted by molar-refractivity contribution is 7.13. The summed E-state index contributed by atoms with van der Waals surface area (Å²) in [5.74, 6) is 0.986. The number of esters is 1. The minimum Gasteiger partial charge on any atom is -0.465 e. The molecule has 0 aliphatic carbocycles. The van der Waals surface area contributed by atoms with Gasteiger partial charge in [0.05, 0.1) is 23.6 Å². The van der Waals surface area contributed by atoms with Crippen LogP contribution in [0.3, 0.4) is 0 Å². The van der Waals surface area contributed by atoms with E-state index in [9.17, 15) is 4.79 Å². The van der Waals surface area contributed by atoms with E-state index in [-0.39, 0.29) is 12.0 Å². The Hall–Kier alpha value is -2.71. The number of methoxy groups -OCH3 is 1. The van der Waals surface area contributed by atoms with Gasteiger partial charge < -0.3 is 14.2 Å². The minimum absolute atomic E-state index is 0.0510. The van der Waals surface area contributed by atoms with Crippen molar-refractivity contribution in [2.24, 2.45) is 0 Å². The Bertz CT molecular complexity index is 955. The first-order chi connectivity index (χ1) is 14.1. The van der Waals surface area contributed by atoms with Gasteiger partial charge in [-0.3, -0.25) is 4.90 Å². The van der Waals surface area contributed by atoms with Gasteiger partial charge in [0.1, 0.15) is 0 Å². The van der Waals surface area contributed by atoms with Crippen LogP contribution in [-0.4, -0.2) is 53.8 Å². The molecule has 0 amide bonds. The van der Waals surface area contributed by atoms with Crippen molar-refractivity contribution >= 4 is 23.0 Å². The highest BCUT2D eigenvalue weighted by Crippen LogP contribution is 2.29. The number of aromatic nitrogens is 2. The first-order valence-electron chi connectivity index (χ1n) is 9.63. The van der Waals surface area contributed by atoms with Crippen LogP contribution in [0.4, 0.5) is 5.69 Å². The lowest BCUT2D eigenvalue weighted by atomic mass is 10.1. The van der Waals surface area contributed by atoms with E-state index in [0.717, 1.165) is 30.2 Å². The number of piperazine rings is 1. The van der Waals surface area contributed by atoms with E-state index in [0.29, 0.717) is 23.3 Å². The number of ether oxygens (including phenoxy) is 1. The number of rotatable bonds is 5. The number of hydrogen-bond donors (Lipinski definition) is 0. The average Bonchev–Trinajstić information content (AvgIpc) is 3.44. The van der Waals surface area contributed by atoms with Crippen LogP contribution >= 0.6 is 11.3 Å². The van der Waals surface area contributed by atoms with E-state index in [1.54, 1.807) is 11.3 Å². The maximum absolute atomic E-state index is 11.6. The van der Waals surface area contributed by atoms with Gasteiger partial charge in [0.15, 0.2) is 0 Å². The van der Waals surface area contributed by atoms with Gasteiger partial charge in [-0.2, -0.15) is 4.98 Å². The molecule has 1 fully saturated rings. The monoisotopic (exact) mass is 412 g/mol. The molecule has 3 heterocycles. The van der Waals surface area contributed by atoms with Gasteiger partial charge in [-0.05, 0) is 49.6 Å². The third-order valence-corrected chi connectivity index (χ3v) is 6.24. The van der Waals surface area contributed by atoms with Gasteiger partial charge in [0, 0.05) is 31.4 Å². The fraction of sp³-hybridized carbons (Fsp3) is 0.381. The Balaban J connectivity index is 1.41. The zero-order chi connectivity index (χ0) is 20.4. The fourth-order valence-corrected chi connectivity index (χ4v) is 4.41. The highest BCUT2D eigenvalue weighted by Gasteiger charge is 2.31. The second-order valence-electron chi connectivity index (χ2n) is 7.18. The largest absolute Gasteiger partial charge is 0.465 e. The van der Waals surface area contributed by atoms with Crippen molar-refractivity contribution in [2.75, 3.05) is 31.6 Å². The average molecular weight is 413 g/mol. The third-order valence-electron chi connectivity index (χ3n) is 5.37. The lowest BCUT2D eigenvalue weighted by molar-refractivity contribution is 0.0600. The van der Waals surface area contributed by atoms with E-state index >= 15 is 0 Å². The molecule has 0 saturated carbocycles.